The minimum atomic E-state index is 0.0864. The van der Waals surface area contributed by atoms with Crippen LogP contribution in [0.4, 0.5) is 0 Å². The van der Waals surface area contributed by atoms with Crippen LogP contribution in [0.3, 0.4) is 0 Å². The molecule has 0 rings (SSSR count). The summed E-state index contributed by atoms with van der Waals surface area (Å²) in [5.41, 5.74) is 0.0864. The van der Waals surface area contributed by atoms with Gasteiger partial charge in [-0.15, -0.1) is 0 Å². The van der Waals surface area contributed by atoms with Crippen molar-refractivity contribution in [3.05, 3.63) is 0 Å². The Hall–Kier alpha value is -0.333. The molecule has 0 N–H and O–H groups in total. The van der Waals surface area contributed by atoms with Crippen LogP contribution < -0.4 is 0 Å². The Balaban J connectivity index is 3.86. The number of rotatable bonds is 6. The molecule has 0 aliphatic rings. The molecule has 0 aliphatic heterocycles. The van der Waals surface area contributed by atoms with Crippen molar-refractivity contribution < 1.29 is 4.43 Å². The van der Waals surface area contributed by atoms with Gasteiger partial charge in [-0.25, -0.2) is 0 Å². The summed E-state index contributed by atoms with van der Waals surface area (Å²) in [6.45, 7) is 4.32. The van der Waals surface area contributed by atoms with Gasteiger partial charge in [0, 0.05) is 6.42 Å². The maximum Gasteiger partial charge on any atom is 0.146 e. The monoisotopic (exact) mass is 185 g/mol. The summed E-state index contributed by atoms with van der Waals surface area (Å²) in [5.74, 6) is 0. The molecule has 0 saturated carbocycles. The second-order valence-electron chi connectivity index (χ2n) is 3.11. The molecule has 70 valence electrons. The Morgan fingerprint density at radius 2 is 2.00 bits per heavy atom. The molecule has 0 saturated heterocycles. The maximum absolute atomic E-state index is 8.40. The van der Waals surface area contributed by atoms with Gasteiger partial charge in [-0.1, -0.05) is 13.8 Å². The third-order valence-corrected chi connectivity index (χ3v) is 3.51. The smallest absolute Gasteiger partial charge is 0.146 e. The fourth-order valence-electron chi connectivity index (χ4n) is 1.48. The predicted octanol–water partition coefficient (Wildman–Crippen LogP) is 1.54. The summed E-state index contributed by atoms with van der Waals surface area (Å²) in [4.78, 5) is 0. The highest BCUT2D eigenvalue weighted by Crippen LogP contribution is 2.25. The molecule has 2 nitrogen and oxygen atoms in total. The van der Waals surface area contributed by atoms with Gasteiger partial charge >= 0.3 is 0 Å². The van der Waals surface area contributed by atoms with E-state index in [1.165, 1.54) is 0 Å². The minimum Gasteiger partial charge on any atom is -0.422 e. The van der Waals surface area contributed by atoms with Crippen molar-refractivity contribution in [2.45, 2.75) is 51.6 Å². The Morgan fingerprint density at radius 3 is 2.33 bits per heavy atom. The van der Waals surface area contributed by atoms with E-state index in [1.807, 2.05) is 0 Å². The first-order chi connectivity index (χ1) is 5.74. The minimum absolute atomic E-state index is 0.0864. The summed E-state index contributed by atoms with van der Waals surface area (Å²) in [5, 5.41) is 8.40. The first-order valence-electron chi connectivity index (χ1n) is 4.66. The molecular weight excluding hydrogens is 166 g/mol. The topological polar surface area (TPSA) is 33.0 Å². The average Bonchev–Trinajstić information content (AvgIpc) is 2.14. The average molecular weight is 185 g/mol. The van der Waals surface area contributed by atoms with Crippen molar-refractivity contribution in [3.8, 4) is 6.07 Å². The van der Waals surface area contributed by atoms with Gasteiger partial charge in [-0.2, -0.15) is 5.26 Å². The van der Waals surface area contributed by atoms with Crippen molar-refractivity contribution in [2.24, 2.45) is 0 Å². The lowest BCUT2D eigenvalue weighted by atomic mass is 9.91. The summed E-state index contributed by atoms with van der Waals surface area (Å²) < 4.78 is 5.61. The lowest BCUT2D eigenvalue weighted by Gasteiger charge is -2.30. The first-order valence-corrected chi connectivity index (χ1v) is 5.48. The molecule has 0 aliphatic carbocycles. The van der Waals surface area contributed by atoms with E-state index in [1.54, 1.807) is 0 Å². The first kappa shape index (κ1) is 11.7. The fraction of sp³-hybridized carbons (Fsp3) is 0.889. The number of hydrogen-bond donors (Lipinski definition) is 0. The van der Waals surface area contributed by atoms with Crippen LogP contribution in [-0.2, 0) is 4.43 Å². The maximum atomic E-state index is 8.40. The van der Waals surface area contributed by atoms with E-state index in [0.29, 0.717) is 6.42 Å². The SMILES string of the molecule is CCC(CC)(CCCC#N)O[SiH3]. The van der Waals surface area contributed by atoms with Crippen LogP contribution in [0.1, 0.15) is 46.0 Å². The standard InChI is InChI=1S/C9H19NOSi/c1-3-9(4-2,11-12)7-5-6-8-10/h3-7H2,1-2,12H3. The molecule has 0 aromatic heterocycles. The van der Waals surface area contributed by atoms with E-state index in [4.69, 9.17) is 9.69 Å². The molecular formula is C9H19NOSi. The zero-order valence-corrected chi connectivity index (χ0v) is 10.4. The van der Waals surface area contributed by atoms with Crippen molar-refractivity contribution in [2.75, 3.05) is 0 Å². The van der Waals surface area contributed by atoms with Crippen LogP contribution in [0.15, 0.2) is 0 Å². The summed E-state index contributed by atoms with van der Waals surface area (Å²) in [6.07, 6.45) is 4.81. The summed E-state index contributed by atoms with van der Waals surface area (Å²) in [6, 6.07) is 2.17. The van der Waals surface area contributed by atoms with Crippen LogP contribution >= 0.6 is 0 Å². The Morgan fingerprint density at radius 1 is 1.42 bits per heavy atom. The zero-order chi connectivity index (χ0) is 9.45. The predicted molar refractivity (Wildman–Crippen MR) is 53.8 cm³/mol. The molecule has 0 aromatic rings. The van der Waals surface area contributed by atoms with Gasteiger partial charge in [0.1, 0.15) is 10.5 Å². The zero-order valence-electron chi connectivity index (χ0n) is 8.39. The molecule has 0 spiro atoms. The molecule has 0 heterocycles. The van der Waals surface area contributed by atoms with Crippen LogP contribution in [0.2, 0.25) is 0 Å². The lowest BCUT2D eigenvalue weighted by Crippen LogP contribution is -2.29. The molecule has 0 unspecified atom stereocenters. The number of nitriles is 1. The number of nitrogens with zero attached hydrogens (tertiary/aromatic N) is 1. The van der Waals surface area contributed by atoms with E-state index in [0.717, 1.165) is 36.2 Å². The summed E-state index contributed by atoms with van der Waals surface area (Å²) in [7, 11) is 0.801. The number of unbranched alkanes of at least 4 members (excludes halogenated alkanes) is 1. The Labute approximate surface area is 78.5 Å². The molecule has 0 radical (unpaired) electrons. The van der Waals surface area contributed by atoms with Gasteiger partial charge in [0.15, 0.2) is 0 Å². The van der Waals surface area contributed by atoms with E-state index < -0.39 is 0 Å². The molecule has 0 amide bonds. The third-order valence-electron chi connectivity index (χ3n) is 2.64. The van der Waals surface area contributed by atoms with Gasteiger partial charge in [-0.3, -0.25) is 0 Å². The van der Waals surface area contributed by atoms with Gasteiger partial charge in [-0.05, 0) is 25.7 Å². The molecule has 3 heteroatoms. The van der Waals surface area contributed by atoms with Gasteiger partial charge in [0.2, 0.25) is 0 Å². The normalized spacial score (nSPS) is 11.4. The van der Waals surface area contributed by atoms with E-state index >= 15 is 0 Å². The molecule has 0 atom stereocenters. The highest BCUT2D eigenvalue weighted by atomic mass is 28.2. The highest BCUT2D eigenvalue weighted by Gasteiger charge is 2.23. The van der Waals surface area contributed by atoms with Crippen molar-refractivity contribution in [1.82, 2.24) is 0 Å². The molecule has 0 fully saturated rings. The molecule has 0 bridgehead atoms. The molecule has 0 aromatic carbocycles. The second kappa shape index (κ2) is 6.21. The molecule has 12 heavy (non-hydrogen) atoms. The van der Waals surface area contributed by atoms with Crippen LogP contribution in [-0.4, -0.2) is 16.1 Å². The number of hydrogen-bond acceptors (Lipinski definition) is 2. The van der Waals surface area contributed by atoms with E-state index in [2.05, 4.69) is 19.9 Å². The highest BCUT2D eigenvalue weighted by molar-refractivity contribution is 5.98. The quantitative estimate of drug-likeness (QED) is 0.464. The van der Waals surface area contributed by atoms with Crippen molar-refractivity contribution in [3.63, 3.8) is 0 Å². The largest absolute Gasteiger partial charge is 0.422 e. The third kappa shape index (κ3) is 3.38. The lowest BCUT2D eigenvalue weighted by molar-refractivity contribution is 0.0595. The Bertz CT molecular complexity index is 141. The van der Waals surface area contributed by atoms with Gasteiger partial charge in [0.05, 0.1) is 11.7 Å². The van der Waals surface area contributed by atoms with E-state index in [-0.39, 0.29) is 5.60 Å². The van der Waals surface area contributed by atoms with Crippen molar-refractivity contribution in [1.29, 1.82) is 5.26 Å². The summed E-state index contributed by atoms with van der Waals surface area (Å²) >= 11 is 0. The van der Waals surface area contributed by atoms with E-state index in [9.17, 15) is 0 Å². The van der Waals surface area contributed by atoms with Gasteiger partial charge in [0.25, 0.3) is 0 Å². The van der Waals surface area contributed by atoms with Crippen LogP contribution in [0, 0.1) is 11.3 Å². The van der Waals surface area contributed by atoms with Crippen molar-refractivity contribution >= 4 is 10.5 Å². The Kier molecular flexibility index (Phi) is 6.04. The van der Waals surface area contributed by atoms with Gasteiger partial charge < -0.3 is 4.43 Å². The van der Waals surface area contributed by atoms with Crippen LogP contribution in [0.5, 0.6) is 0 Å². The fourth-order valence-corrected chi connectivity index (χ4v) is 2.27. The van der Waals surface area contributed by atoms with Crippen LogP contribution in [0.25, 0.3) is 0 Å². The second-order valence-corrected chi connectivity index (χ2v) is 3.51.